The van der Waals surface area contributed by atoms with E-state index in [1.54, 1.807) is 0 Å². The highest BCUT2D eigenvalue weighted by Gasteiger charge is 2.41. The van der Waals surface area contributed by atoms with E-state index in [4.69, 9.17) is 9.47 Å². The van der Waals surface area contributed by atoms with Gasteiger partial charge in [0.2, 0.25) is 0 Å². The van der Waals surface area contributed by atoms with Crippen LogP contribution in [-0.2, 0) is 11.3 Å². The van der Waals surface area contributed by atoms with Crippen LogP contribution in [0.1, 0.15) is 38.7 Å². The molecule has 134 valence electrons. The Hall–Kier alpha value is -1.02. The topological polar surface area (TPSA) is 54.9 Å². The van der Waals surface area contributed by atoms with E-state index in [-0.39, 0.29) is 30.1 Å². The number of nitrogens with one attached hydrogen (secondary N) is 2. The minimum atomic E-state index is 0. The molecule has 6 heteroatoms. The second kappa shape index (κ2) is 8.89. The van der Waals surface area contributed by atoms with Gasteiger partial charge in [-0.05, 0) is 50.8 Å². The van der Waals surface area contributed by atoms with Gasteiger partial charge in [-0.1, -0.05) is 12.1 Å². The number of nitrogens with zero attached hydrogens (tertiary/aromatic N) is 1. The van der Waals surface area contributed by atoms with Crippen LogP contribution in [0.25, 0.3) is 0 Å². The monoisotopic (exact) mass is 445 g/mol. The van der Waals surface area contributed by atoms with Crippen LogP contribution < -0.4 is 15.4 Å². The average Bonchev–Trinajstić information content (AvgIpc) is 3.13. The first-order chi connectivity index (χ1) is 11.1. The van der Waals surface area contributed by atoms with E-state index in [1.165, 1.54) is 12.0 Å². The van der Waals surface area contributed by atoms with E-state index in [9.17, 15) is 0 Å². The maximum absolute atomic E-state index is 5.88. The van der Waals surface area contributed by atoms with Crippen molar-refractivity contribution in [1.29, 1.82) is 0 Å². The quantitative estimate of drug-likeness (QED) is 0.416. The van der Waals surface area contributed by atoms with Gasteiger partial charge in [-0.3, -0.25) is 4.99 Å². The molecule has 1 aromatic carbocycles. The van der Waals surface area contributed by atoms with Gasteiger partial charge in [-0.25, -0.2) is 0 Å². The summed E-state index contributed by atoms with van der Waals surface area (Å²) in [5, 5.41) is 6.88. The molecule has 24 heavy (non-hydrogen) atoms. The van der Waals surface area contributed by atoms with Crippen LogP contribution in [0.5, 0.6) is 5.75 Å². The predicted octanol–water partition coefficient (Wildman–Crippen LogP) is 3.08. The first-order valence-electron chi connectivity index (χ1n) is 8.52. The smallest absolute Gasteiger partial charge is 0.191 e. The molecule has 2 aliphatic heterocycles. The summed E-state index contributed by atoms with van der Waals surface area (Å²) in [6.45, 7) is 4.79. The van der Waals surface area contributed by atoms with Crippen molar-refractivity contribution >= 4 is 29.9 Å². The van der Waals surface area contributed by atoms with Gasteiger partial charge in [0.05, 0.1) is 24.4 Å². The summed E-state index contributed by atoms with van der Waals surface area (Å²) in [6, 6.07) is 8.56. The molecule has 2 aliphatic rings. The summed E-state index contributed by atoms with van der Waals surface area (Å²) in [7, 11) is 1.81. The summed E-state index contributed by atoms with van der Waals surface area (Å²) < 4.78 is 11.6. The van der Waals surface area contributed by atoms with Gasteiger partial charge in [-0.2, -0.15) is 0 Å². The van der Waals surface area contributed by atoms with E-state index in [0.717, 1.165) is 31.1 Å². The summed E-state index contributed by atoms with van der Waals surface area (Å²) in [5.41, 5.74) is 1.18. The fraction of sp³-hybridized carbons (Fsp3) is 0.611. The number of hydrogen-bond acceptors (Lipinski definition) is 3. The molecule has 2 fully saturated rings. The Morgan fingerprint density at radius 2 is 2.21 bits per heavy atom. The zero-order chi connectivity index (χ0) is 16.2. The molecule has 0 spiro atoms. The Bertz CT molecular complexity index is 565. The third-order valence-corrected chi connectivity index (χ3v) is 4.38. The molecular formula is C18H28IN3O2. The zero-order valence-corrected chi connectivity index (χ0v) is 16.9. The van der Waals surface area contributed by atoms with Crippen molar-refractivity contribution in [3.8, 4) is 5.75 Å². The third-order valence-electron chi connectivity index (χ3n) is 4.38. The molecule has 2 N–H and O–H groups in total. The highest BCUT2D eigenvalue weighted by atomic mass is 127. The van der Waals surface area contributed by atoms with Gasteiger partial charge in [0, 0.05) is 13.6 Å². The van der Waals surface area contributed by atoms with E-state index >= 15 is 0 Å². The molecule has 0 radical (unpaired) electrons. The molecule has 0 aliphatic carbocycles. The Labute approximate surface area is 161 Å². The van der Waals surface area contributed by atoms with Gasteiger partial charge < -0.3 is 20.1 Å². The van der Waals surface area contributed by atoms with Crippen LogP contribution in [0.15, 0.2) is 29.3 Å². The zero-order valence-electron chi connectivity index (χ0n) is 14.6. The fourth-order valence-corrected chi connectivity index (χ4v) is 3.35. The van der Waals surface area contributed by atoms with Crippen LogP contribution in [0.4, 0.5) is 0 Å². The molecule has 0 aromatic heterocycles. The van der Waals surface area contributed by atoms with Crippen LogP contribution >= 0.6 is 24.0 Å². The van der Waals surface area contributed by atoms with Crippen LogP contribution in [-0.4, -0.2) is 37.4 Å². The van der Waals surface area contributed by atoms with Gasteiger partial charge in [0.25, 0.3) is 0 Å². The number of aliphatic imine (C=N–C) groups is 1. The number of guanidine groups is 1. The largest absolute Gasteiger partial charge is 0.491 e. The van der Waals surface area contributed by atoms with E-state index in [0.29, 0.717) is 18.2 Å². The fourth-order valence-electron chi connectivity index (χ4n) is 3.35. The highest BCUT2D eigenvalue weighted by Crippen LogP contribution is 2.34. The second-order valence-corrected chi connectivity index (χ2v) is 6.60. The van der Waals surface area contributed by atoms with Gasteiger partial charge in [-0.15, -0.1) is 24.0 Å². The first-order valence-corrected chi connectivity index (χ1v) is 8.52. The number of hydrogen-bond donors (Lipinski definition) is 2. The first kappa shape index (κ1) is 19.3. The minimum absolute atomic E-state index is 0. The SMILES string of the molecule is CN=C(NCc1cccc(OC(C)C)c1)NC1CC2CCC1O2.I. The van der Waals surface area contributed by atoms with Crippen LogP contribution in [0.2, 0.25) is 0 Å². The summed E-state index contributed by atoms with van der Waals surface area (Å²) in [6.07, 6.45) is 4.43. The van der Waals surface area contributed by atoms with Crippen molar-refractivity contribution in [3.63, 3.8) is 0 Å². The van der Waals surface area contributed by atoms with E-state index in [2.05, 4.69) is 27.8 Å². The Morgan fingerprint density at radius 3 is 2.83 bits per heavy atom. The molecule has 2 saturated heterocycles. The lowest BCUT2D eigenvalue weighted by molar-refractivity contribution is 0.0992. The normalized spacial score (nSPS) is 25.5. The molecule has 2 heterocycles. The van der Waals surface area contributed by atoms with Gasteiger partial charge >= 0.3 is 0 Å². The molecular weight excluding hydrogens is 417 g/mol. The van der Waals surface area contributed by atoms with E-state index in [1.807, 2.05) is 33.0 Å². The molecule has 3 unspecified atom stereocenters. The van der Waals surface area contributed by atoms with Crippen molar-refractivity contribution in [1.82, 2.24) is 10.6 Å². The number of rotatable bonds is 5. The van der Waals surface area contributed by atoms with Crippen molar-refractivity contribution in [3.05, 3.63) is 29.8 Å². The minimum Gasteiger partial charge on any atom is -0.491 e. The lowest BCUT2D eigenvalue weighted by Gasteiger charge is -2.22. The molecule has 3 atom stereocenters. The summed E-state index contributed by atoms with van der Waals surface area (Å²) >= 11 is 0. The van der Waals surface area contributed by atoms with Crippen molar-refractivity contribution < 1.29 is 9.47 Å². The molecule has 0 amide bonds. The summed E-state index contributed by atoms with van der Waals surface area (Å²) in [5.74, 6) is 1.74. The number of ether oxygens (including phenoxy) is 2. The number of benzene rings is 1. The number of fused-ring (bicyclic) bond motifs is 2. The van der Waals surface area contributed by atoms with Crippen LogP contribution in [0.3, 0.4) is 0 Å². The maximum Gasteiger partial charge on any atom is 0.191 e. The van der Waals surface area contributed by atoms with Gasteiger partial charge in [0.15, 0.2) is 5.96 Å². The summed E-state index contributed by atoms with van der Waals surface area (Å²) in [4.78, 5) is 4.33. The highest BCUT2D eigenvalue weighted by molar-refractivity contribution is 14.0. The Kier molecular flexibility index (Phi) is 7.16. The van der Waals surface area contributed by atoms with E-state index < -0.39 is 0 Å². The van der Waals surface area contributed by atoms with Crippen LogP contribution in [0, 0.1) is 0 Å². The number of halogens is 1. The molecule has 0 saturated carbocycles. The molecule has 3 rings (SSSR count). The Morgan fingerprint density at radius 1 is 1.38 bits per heavy atom. The third kappa shape index (κ3) is 4.99. The van der Waals surface area contributed by atoms with Crippen molar-refractivity contribution in [2.24, 2.45) is 4.99 Å². The van der Waals surface area contributed by atoms with Gasteiger partial charge in [0.1, 0.15) is 5.75 Å². The maximum atomic E-state index is 5.88. The standard InChI is InChI=1S/C18H27N3O2.HI/c1-12(2)22-14-6-4-5-13(9-14)11-20-18(19-3)21-16-10-15-7-8-17(16)23-15;/h4-6,9,12,15-17H,7-8,10-11H2,1-3H3,(H2,19,20,21);1H. The van der Waals surface area contributed by atoms with Crippen molar-refractivity contribution in [2.75, 3.05) is 7.05 Å². The predicted molar refractivity (Wildman–Crippen MR) is 107 cm³/mol. The average molecular weight is 445 g/mol. The molecule has 5 nitrogen and oxygen atoms in total. The lowest BCUT2D eigenvalue weighted by atomic mass is 9.96. The lowest BCUT2D eigenvalue weighted by Crippen LogP contribution is -2.47. The van der Waals surface area contributed by atoms with Crippen molar-refractivity contribution in [2.45, 2.75) is 64.0 Å². The second-order valence-electron chi connectivity index (χ2n) is 6.60. The molecule has 1 aromatic rings. The Balaban J connectivity index is 0.00000208. The molecule has 2 bridgehead atoms.